The molecule has 2 rings (SSSR count). The molecule has 0 N–H and O–H groups in total. The lowest BCUT2D eigenvalue weighted by Crippen LogP contribution is -2.33. The van der Waals surface area contributed by atoms with Crippen LogP contribution in [-0.2, 0) is 20.4 Å². The van der Waals surface area contributed by atoms with Crippen LogP contribution in [0.1, 0.15) is 59.6 Å². The third-order valence-corrected chi connectivity index (χ3v) is 4.01. The summed E-state index contributed by atoms with van der Waals surface area (Å²) in [6.45, 7) is 14.3. The van der Waals surface area contributed by atoms with Gasteiger partial charge in [-0.1, -0.05) is 53.7 Å². The molecule has 3 nitrogen and oxygen atoms in total. The van der Waals surface area contributed by atoms with Crippen molar-refractivity contribution in [1.82, 2.24) is 0 Å². The fourth-order valence-corrected chi connectivity index (χ4v) is 2.63. The summed E-state index contributed by atoms with van der Waals surface area (Å²) in [7, 11) is 0. The second-order valence-electron chi connectivity index (χ2n) is 8.04. The molecule has 0 fully saturated rings. The van der Waals surface area contributed by atoms with Gasteiger partial charge in [0.15, 0.2) is 0 Å². The topological polar surface area (TPSA) is 37.4 Å². The molecule has 0 spiro atoms. The normalized spacial score (nSPS) is 16.3. The van der Waals surface area contributed by atoms with Gasteiger partial charge in [0.25, 0.3) is 11.8 Å². The van der Waals surface area contributed by atoms with Crippen LogP contribution in [0, 0.1) is 0 Å². The Morgan fingerprint density at radius 3 is 1.91 bits per heavy atom. The highest BCUT2D eigenvalue weighted by atomic mass is 16.2. The molecule has 22 heavy (non-hydrogen) atoms. The molecule has 1 aromatic carbocycles. The third kappa shape index (κ3) is 2.85. The van der Waals surface area contributed by atoms with Crippen molar-refractivity contribution in [1.29, 1.82) is 0 Å². The Kier molecular flexibility index (Phi) is 3.80. The first-order chi connectivity index (χ1) is 9.93. The van der Waals surface area contributed by atoms with E-state index in [1.165, 1.54) is 11.0 Å². The van der Waals surface area contributed by atoms with Crippen molar-refractivity contribution in [3.05, 3.63) is 41.0 Å². The first-order valence-electron chi connectivity index (χ1n) is 7.64. The van der Waals surface area contributed by atoms with Gasteiger partial charge in [-0.15, -0.1) is 0 Å². The van der Waals surface area contributed by atoms with Crippen LogP contribution in [0.5, 0.6) is 0 Å². The van der Waals surface area contributed by atoms with E-state index in [1.807, 2.05) is 12.1 Å². The number of nitrogens with zero attached hydrogens (tertiary/aromatic N) is 1. The Balaban J connectivity index is 2.67. The molecule has 0 saturated carbocycles. The van der Waals surface area contributed by atoms with E-state index in [0.717, 1.165) is 11.1 Å². The van der Waals surface area contributed by atoms with Crippen LogP contribution in [0.4, 0.5) is 5.69 Å². The first kappa shape index (κ1) is 16.5. The number of amides is 2. The van der Waals surface area contributed by atoms with E-state index in [2.05, 4.69) is 47.6 Å². The van der Waals surface area contributed by atoms with E-state index < -0.39 is 0 Å². The van der Waals surface area contributed by atoms with Gasteiger partial charge in [-0.05, 0) is 34.9 Å². The lowest BCUT2D eigenvalue weighted by atomic mass is 9.81. The second kappa shape index (κ2) is 5.08. The number of imide groups is 1. The van der Waals surface area contributed by atoms with Crippen LogP contribution in [-0.4, -0.2) is 11.8 Å². The number of benzene rings is 1. The number of anilines is 1. The number of carbonyl (C=O) groups excluding carboxylic acids is 2. The van der Waals surface area contributed by atoms with Crippen LogP contribution < -0.4 is 4.90 Å². The van der Waals surface area contributed by atoms with Gasteiger partial charge in [-0.25, -0.2) is 4.90 Å². The molecule has 1 aliphatic heterocycles. The fourth-order valence-electron chi connectivity index (χ4n) is 2.63. The van der Waals surface area contributed by atoms with E-state index >= 15 is 0 Å². The minimum atomic E-state index is -0.251. The van der Waals surface area contributed by atoms with Crippen LogP contribution in [0.3, 0.4) is 0 Å². The fraction of sp³-hybridized carbons (Fsp3) is 0.474. The van der Waals surface area contributed by atoms with E-state index in [-0.39, 0.29) is 22.6 Å². The molecule has 0 bridgehead atoms. The lowest BCUT2D eigenvalue weighted by Gasteiger charge is -2.29. The Bertz CT molecular complexity index is 670. The summed E-state index contributed by atoms with van der Waals surface area (Å²) < 4.78 is 0. The Labute approximate surface area is 133 Å². The molecular weight excluding hydrogens is 274 g/mol. The van der Waals surface area contributed by atoms with Crippen molar-refractivity contribution < 1.29 is 9.59 Å². The van der Waals surface area contributed by atoms with E-state index in [0.29, 0.717) is 11.3 Å². The van der Waals surface area contributed by atoms with Crippen molar-refractivity contribution >= 4 is 17.5 Å². The van der Waals surface area contributed by atoms with Gasteiger partial charge < -0.3 is 0 Å². The maximum absolute atomic E-state index is 12.4. The molecule has 1 heterocycles. The molecule has 1 aliphatic rings. The van der Waals surface area contributed by atoms with Crippen molar-refractivity contribution in [2.75, 3.05) is 4.90 Å². The maximum atomic E-state index is 12.4. The number of hydrogen-bond donors (Lipinski definition) is 0. The molecule has 0 saturated heterocycles. The molecule has 0 unspecified atom stereocenters. The Morgan fingerprint density at radius 2 is 1.50 bits per heavy atom. The standard InChI is InChI=1S/C19H25NO2/c1-12-10-16(21)20(17(12)22)15-11-13(18(2,3)4)8-9-14(15)19(5,6)7/h8-11H,1-7H3. The molecule has 0 aromatic heterocycles. The zero-order valence-electron chi connectivity index (χ0n) is 14.6. The smallest absolute Gasteiger partial charge is 0.261 e. The third-order valence-electron chi connectivity index (χ3n) is 4.01. The van der Waals surface area contributed by atoms with Crippen molar-refractivity contribution in [2.24, 2.45) is 0 Å². The van der Waals surface area contributed by atoms with Gasteiger partial charge in [0.1, 0.15) is 0 Å². The van der Waals surface area contributed by atoms with Gasteiger partial charge in [0.05, 0.1) is 5.69 Å². The summed E-state index contributed by atoms with van der Waals surface area (Å²) >= 11 is 0. The number of rotatable bonds is 1. The van der Waals surface area contributed by atoms with E-state index in [9.17, 15) is 9.59 Å². The predicted molar refractivity (Wildman–Crippen MR) is 90.1 cm³/mol. The first-order valence-corrected chi connectivity index (χ1v) is 7.64. The predicted octanol–water partition coefficient (Wildman–Crippen LogP) is 4.10. The average molecular weight is 299 g/mol. The quantitative estimate of drug-likeness (QED) is 0.732. The minimum Gasteiger partial charge on any atom is -0.269 e. The maximum Gasteiger partial charge on any atom is 0.261 e. The molecule has 118 valence electrons. The summed E-state index contributed by atoms with van der Waals surface area (Å²) in [5, 5.41) is 0. The van der Waals surface area contributed by atoms with Crippen molar-refractivity contribution in [2.45, 2.75) is 59.3 Å². The highest BCUT2D eigenvalue weighted by molar-refractivity contribution is 6.30. The van der Waals surface area contributed by atoms with Crippen molar-refractivity contribution in [3.63, 3.8) is 0 Å². The molecule has 3 heteroatoms. The van der Waals surface area contributed by atoms with E-state index in [1.54, 1.807) is 6.92 Å². The minimum absolute atomic E-state index is 0.0422. The molecule has 0 aliphatic carbocycles. The highest BCUT2D eigenvalue weighted by Gasteiger charge is 2.34. The van der Waals surface area contributed by atoms with E-state index in [4.69, 9.17) is 0 Å². The summed E-state index contributed by atoms with van der Waals surface area (Å²) in [4.78, 5) is 26.0. The number of carbonyl (C=O) groups is 2. The summed E-state index contributed by atoms with van der Waals surface area (Å²) in [6, 6.07) is 6.13. The van der Waals surface area contributed by atoms with Gasteiger partial charge >= 0.3 is 0 Å². The second-order valence-corrected chi connectivity index (χ2v) is 8.04. The zero-order chi connectivity index (χ0) is 16.9. The molecule has 0 atom stereocenters. The summed E-state index contributed by atoms with van der Waals surface area (Å²) in [5.74, 6) is -0.472. The monoisotopic (exact) mass is 299 g/mol. The lowest BCUT2D eigenvalue weighted by molar-refractivity contribution is -0.120. The van der Waals surface area contributed by atoms with Crippen LogP contribution in [0.25, 0.3) is 0 Å². The SMILES string of the molecule is CC1=CC(=O)N(c2cc(C(C)(C)C)ccc2C(C)(C)C)C1=O. The van der Waals surface area contributed by atoms with Gasteiger partial charge in [0.2, 0.25) is 0 Å². The number of hydrogen-bond acceptors (Lipinski definition) is 2. The van der Waals surface area contributed by atoms with Gasteiger partial charge in [0, 0.05) is 11.6 Å². The van der Waals surface area contributed by atoms with Gasteiger partial charge in [-0.2, -0.15) is 0 Å². The van der Waals surface area contributed by atoms with Crippen LogP contribution in [0.15, 0.2) is 29.8 Å². The average Bonchev–Trinajstić information content (AvgIpc) is 2.60. The summed E-state index contributed by atoms with van der Waals surface area (Å²) in [5.41, 5.74) is 3.13. The van der Waals surface area contributed by atoms with Crippen molar-refractivity contribution in [3.8, 4) is 0 Å². The molecular formula is C19H25NO2. The molecule has 1 aromatic rings. The largest absolute Gasteiger partial charge is 0.269 e. The molecule has 2 amide bonds. The summed E-state index contributed by atoms with van der Waals surface area (Å²) in [6.07, 6.45) is 1.42. The zero-order valence-corrected chi connectivity index (χ0v) is 14.6. The molecule has 0 radical (unpaired) electrons. The van der Waals surface area contributed by atoms with Crippen LogP contribution >= 0.6 is 0 Å². The highest BCUT2D eigenvalue weighted by Crippen LogP contribution is 2.37. The van der Waals surface area contributed by atoms with Gasteiger partial charge in [-0.3, -0.25) is 9.59 Å². The van der Waals surface area contributed by atoms with Crippen LogP contribution in [0.2, 0.25) is 0 Å². The Hall–Kier alpha value is -1.90. The Morgan fingerprint density at radius 1 is 0.909 bits per heavy atom.